The molecule has 0 bridgehead atoms. The van der Waals surface area contributed by atoms with Crippen LogP contribution in [0, 0.1) is 19.7 Å². The van der Waals surface area contributed by atoms with Crippen molar-refractivity contribution in [2.24, 2.45) is 12.0 Å². The summed E-state index contributed by atoms with van der Waals surface area (Å²) in [7, 11) is 3.70. The van der Waals surface area contributed by atoms with Gasteiger partial charge in [0.25, 0.3) is 0 Å². The van der Waals surface area contributed by atoms with Gasteiger partial charge in [-0.05, 0) is 25.5 Å². The lowest BCUT2D eigenvalue weighted by molar-refractivity contribution is 0.617. The molecule has 0 aliphatic carbocycles. The maximum Gasteiger partial charge on any atom is 0.191 e. The van der Waals surface area contributed by atoms with Crippen molar-refractivity contribution in [3.63, 3.8) is 0 Å². The van der Waals surface area contributed by atoms with Crippen molar-refractivity contribution in [3.8, 4) is 0 Å². The number of nitrogens with one attached hydrogen (secondary N) is 2. The van der Waals surface area contributed by atoms with Gasteiger partial charge >= 0.3 is 0 Å². The highest BCUT2D eigenvalue weighted by molar-refractivity contribution is 7.98. The molecule has 0 aliphatic heterocycles. The van der Waals surface area contributed by atoms with Gasteiger partial charge in [-0.1, -0.05) is 18.2 Å². The zero-order valence-electron chi connectivity index (χ0n) is 15.3. The highest BCUT2D eigenvalue weighted by atomic mass is 32.2. The molecule has 0 saturated carbocycles. The Morgan fingerprint density at radius 1 is 1.28 bits per heavy atom. The Balaban J connectivity index is 1.71. The van der Waals surface area contributed by atoms with Crippen molar-refractivity contribution in [3.05, 3.63) is 52.6 Å². The van der Waals surface area contributed by atoms with E-state index >= 15 is 0 Å². The van der Waals surface area contributed by atoms with E-state index in [1.54, 1.807) is 24.9 Å². The Labute approximate surface area is 153 Å². The third-order valence-electron chi connectivity index (χ3n) is 4.07. The maximum absolute atomic E-state index is 13.5. The van der Waals surface area contributed by atoms with Gasteiger partial charge in [0.15, 0.2) is 5.96 Å². The van der Waals surface area contributed by atoms with Crippen LogP contribution in [-0.2, 0) is 19.3 Å². The first-order valence-corrected chi connectivity index (χ1v) is 9.43. The van der Waals surface area contributed by atoms with Crippen molar-refractivity contribution in [2.75, 3.05) is 19.3 Å². The van der Waals surface area contributed by atoms with Crippen LogP contribution in [0.5, 0.6) is 0 Å². The van der Waals surface area contributed by atoms with Gasteiger partial charge < -0.3 is 10.6 Å². The van der Waals surface area contributed by atoms with E-state index < -0.39 is 0 Å². The second-order valence-corrected chi connectivity index (χ2v) is 6.87. The van der Waals surface area contributed by atoms with E-state index in [1.165, 1.54) is 11.6 Å². The molecule has 5 nitrogen and oxygen atoms in total. The van der Waals surface area contributed by atoms with E-state index in [9.17, 15) is 4.39 Å². The SMILES string of the molecule is CN=C(NCCSCc1ccccc1F)NCc1c(C)nn(C)c1C. The van der Waals surface area contributed by atoms with Crippen LogP contribution >= 0.6 is 11.8 Å². The van der Waals surface area contributed by atoms with Crippen molar-refractivity contribution in [2.45, 2.75) is 26.1 Å². The number of hydrogen-bond donors (Lipinski definition) is 2. The topological polar surface area (TPSA) is 54.2 Å². The molecular formula is C18H26FN5S. The number of benzene rings is 1. The molecule has 2 aromatic rings. The highest BCUT2D eigenvalue weighted by Crippen LogP contribution is 2.14. The summed E-state index contributed by atoms with van der Waals surface area (Å²) >= 11 is 1.70. The standard InChI is InChI=1S/C18H26FN5S/c1-13-16(14(2)24(4)23-13)11-22-18(20-3)21-9-10-25-12-15-7-5-6-8-17(15)19/h5-8H,9-12H2,1-4H3,(H2,20,21,22). The fourth-order valence-electron chi connectivity index (χ4n) is 2.51. The van der Waals surface area contributed by atoms with Crippen LogP contribution in [0.2, 0.25) is 0 Å². The van der Waals surface area contributed by atoms with Crippen molar-refractivity contribution in [1.29, 1.82) is 0 Å². The molecule has 1 aromatic carbocycles. The minimum absolute atomic E-state index is 0.136. The molecule has 0 amide bonds. The monoisotopic (exact) mass is 363 g/mol. The predicted octanol–water partition coefficient (Wildman–Crippen LogP) is 2.77. The quantitative estimate of drug-likeness (QED) is 0.451. The summed E-state index contributed by atoms with van der Waals surface area (Å²) in [4.78, 5) is 4.24. The molecule has 0 saturated heterocycles. The molecule has 1 heterocycles. The number of halogens is 1. The first-order chi connectivity index (χ1) is 12.0. The van der Waals surface area contributed by atoms with Crippen LogP contribution in [0.15, 0.2) is 29.3 Å². The molecule has 0 aliphatic rings. The molecule has 1 aromatic heterocycles. The molecule has 0 atom stereocenters. The Morgan fingerprint density at radius 2 is 2.04 bits per heavy atom. The maximum atomic E-state index is 13.5. The summed E-state index contributed by atoms with van der Waals surface area (Å²) in [5, 5.41) is 11.0. The van der Waals surface area contributed by atoms with Gasteiger partial charge in [0.05, 0.1) is 5.69 Å². The average Bonchev–Trinajstić information content (AvgIpc) is 2.84. The third kappa shape index (κ3) is 5.49. The molecular weight excluding hydrogens is 337 g/mol. The number of rotatable bonds is 7. The van der Waals surface area contributed by atoms with Crippen molar-refractivity contribution < 1.29 is 4.39 Å². The minimum Gasteiger partial charge on any atom is -0.356 e. The molecule has 0 spiro atoms. The fraction of sp³-hybridized carbons (Fsp3) is 0.444. The van der Waals surface area contributed by atoms with Crippen LogP contribution in [0.25, 0.3) is 0 Å². The van der Waals surface area contributed by atoms with Gasteiger partial charge in [0, 0.05) is 49.9 Å². The van der Waals surface area contributed by atoms with E-state index in [4.69, 9.17) is 0 Å². The summed E-state index contributed by atoms with van der Waals surface area (Å²) in [5.74, 6) is 2.17. The number of aromatic nitrogens is 2. The fourth-order valence-corrected chi connectivity index (χ4v) is 3.35. The zero-order chi connectivity index (χ0) is 18.2. The van der Waals surface area contributed by atoms with Gasteiger partial charge in [-0.15, -0.1) is 0 Å². The Bertz CT molecular complexity index is 726. The van der Waals surface area contributed by atoms with Crippen LogP contribution in [-0.4, -0.2) is 35.1 Å². The first kappa shape index (κ1) is 19.3. The van der Waals surface area contributed by atoms with Gasteiger partial charge in [-0.2, -0.15) is 16.9 Å². The van der Waals surface area contributed by atoms with E-state index in [-0.39, 0.29) is 5.82 Å². The van der Waals surface area contributed by atoms with Gasteiger partial charge in [-0.25, -0.2) is 4.39 Å². The summed E-state index contributed by atoms with van der Waals surface area (Å²) in [6, 6.07) is 6.91. The number of aryl methyl sites for hydroxylation is 2. The lowest BCUT2D eigenvalue weighted by atomic mass is 10.2. The molecule has 25 heavy (non-hydrogen) atoms. The molecule has 7 heteroatoms. The number of guanidine groups is 1. The smallest absolute Gasteiger partial charge is 0.191 e. The largest absolute Gasteiger partial charge is 0.356 e. The Morgan fingerprint density at radius 3 is 2.68 bits per heavy atom. The van der Waals surface area contributed by atoms with E-state index in [1.807, 2.05) is 30.8 Å². The van der Waals surface area contributed by atoms with E-state index in [2.05, 4.69) is 27.6 Å². The number of nitrogens with zero attached hydrogens (tertiary/aromatic N) is 3. The summed E-state index contributed by atoms with van der Waals surface area (Å²) in [6.45, 7) is 5.53. The summed E-state index contributed by atoms with van der Waals surface area (Å²) in [6.07, 6.45) is 0. The summed E-state index contributed by atoms with van der Waals surface area (Å²) < 4.78 is 15.4. The summed E-state index contributed by atoms with van der Waals surface area (Å²) in [5.41, 5.74) is 4.13. The molecule has 0 unspecified atom stereocenters. The molecule has 136 valence electrons. The Kier molecular flexibility index (Phi) is 7.31. The normalized spacial score (nSPS) is 11.6. The van der Waals surface area contributed by atoms with Crippen LogP contribution in [0.3, 0.4) is 0 Å². The molecule has 2 N–H and O–H groups in total. The molecule has 0 radical (unpaired) electrons. The first-order valence-electron chi connectivity index (χ1n) is 8.27. The molecule has 2 rings (SSSR count). The Hall–Kier alpha value is -2.02. The second-order valence-electron chi connectivity index (χ2n) is 5.77. The number of aliphatic imine (C=N–C) groups is 1. The van der Waals surface area contributed by atoms with Crippen LogP contribution in [0.1, 0.15) is 22.5 Å². The van der Waals surface area contributed by atoms with Crippen LogP contribution in [0.4, 0.5) is 4.39 Å². The number of thioether (sulfide) groups is 1. The lowest BCUT2D eigenvalue weighted by Gasteiger charge is -2.12. The number of hydrogen-bond acceptors (Lipinski definition) is 3. The van der Waals surface area contributed by atoms with Gasteiger partial charge in [-0.3, -0.25) is 9.67 Å². The third-order valence-corrected chi connectivity index (χ3v) is 5.08. The van der Waals surface area contributed by atoms with Crippen LogP contribution < -0.4 is 10.6 Å². The lowest BCUT2D eigenvalue weighted by Crippen LogP contribution is -2.38. The predicted molar refractivity (Wildman–Crippen MR) is 103 cm³/mol. The van der Waals surface area contributed by atoms with Gasteiger partial charge in [0.2, 0.25) is 0 Å². The van der Waals surface area contributed by atoms with Crippen molar-refractivity contribution in [1.82, 2.24) is 20.4 Å². The molecule has 0 fully saturated rings. The van der Waals surface area contributed by atoms with E-state index in [0.29, 0.717) is 12.3 Å². The highest BCUT2D eigenvalue weighted by Gasteiger charge is 2.09. The van der Waals surface area contributed by atoms with Gasteiger partial charge in [0.1, 0.15) is 5.82 Å². The van der Waals surface area contributed by atoms with Crippen molar-refractivity contribution >= 4 is 17.7 Å². The van der Waals surface area contributed by atoms with E-state index in [0.717, 1.165) is 35.2 Å². The minimum atomic E-state index is -0.136. The second kappa shape index (κ2) is 9.46. The zero-order valence-corrected chi connectivity index (χ0v) is 16.1. The average molecular weight is 364 g/mol.